The lowest BCUT2D eigenvalue weighted by Crippen LogP contribution is -2.56. The average Bonchev–Trinajstić information content (AvgIpc) is 2.45. The number of hydrogen-bond donors (Lipinski definition) is 0. The van der Waals surface area contributed by atoms with Crippen molar-refractivity contribution in [2.45, 2.75) is 51.7 Å². The summed E-state index contributed by atoms with van der Waals surface area (Å²) < 4.78 is 19.7. The highest BCUT2D eigenvalue weighted by molar-refractivity contribution is 5.77. The molecule has 1 aromatic carbocycles. The summed E-state index contributed by atoms with van der Waals surface area (Å²) >= 11 is 0. The van der Waals surface area contributed by atoms with E-state index in [0.717, 1.165) is 12.8 Å². The summed E-state index contributed by atoms with van der Waals surface area (Å²) in [6.45, 7) is 6.89. The van der Waals surface area contributed by atoms with Gasteiger partial charge in [-0.2, -0.15) is 0 Å². The first-order valence-corrected chi connectivity index (χ1v) is 7.62. The molecule has 0 aromatic heterocycles. The lowest BCUT2D eigenvalue weighted by molar-refractivity contribution is -0.155. The van der Waals surface area contributed by atoms with Gasteiger partial charge in [0.15, 0.2) is 0 Å². The molecular weight excluding hydrogens is 269 g/mol. The van der Waals surface area contributed by atoms with Crippen molar-refractivity contribution < 1.29 is 13.9 Å². The molecule has 1 saturated heterocycles. The third-order valence-corrected chi connectivity index (χ3v) is 4.01. The van der Waals surface area contributed by atoms with Gasteiger partial charge in [-0.05, 0) is 26.3 Å². The van der Waals surface area contributed by atoms with Crippen LogP contribution >= 0.6 is 0 Å². The van der Waals surface area contributed by atoms with E-state index in [1.54, 1.807) is 18.2 Å². The molecule has 4 heteroatoms. The third-order valence-electron chi connectivity index (χ3n) is 4.01. The molecule has 0 spiro atoms. The lowest BCUT2D eigenvalue weighted by Gasteiger charge is -2.45. The normalized spacial score (nSPS) is 21.3. The number of benzene rings is 1. The Morgan fingerprint density at radius 1 is 1.43 bits per heavy atom. The van der Waals surface area contributed by atoms with E-state index in [-0.39, 0.29) is 23.4 Å². The molecule has 2 rings (SSSR count). The quantitative estimate of drug-likeness (QED) is 0.847. The fraction of sp³-hybridized carbons (Fsp3) is 0.588. The van der Waals surface area contributed by atoms with Crippen LogP contribution in [-0.2, 0) is 9.53 Å². The molecular formula is C17H24FNO2. The molecule has 0 N–H and O–H groups in total. The SMILES string of the molecule is CCCCC(=O)N1CC(c2ccccc2F)OCC1(C)C. The number of carbonyl (C=O) groups is 1. The van der Waals surface area contributed by atoms with Gasteiger partial charge in [0, 0.05) is 12.0 Å². The van der Waals surface area contributed by atoms with Crippen LogP contribution in [0.3, 0.4) is 0 Å². The molecule has 1 fully saturated rings. The summed E-state index contributed by atoms with van der Waals surface area (Å²) in [5.41, 5.74) is 0.188. The van der Waals surface area contributed by atoms with Crippen LogP contribution in [0.2, 0.25) is 0 Å². The van der Waals surface area contributed by atoms with Crippen molar-refractivity contribution in [3.05, 3.63) is 35.6 Å². The van der Waals surface area contributed by atoms with Crippen LogP contribution in [0.4, 0.5) is 4.39 Å². The summed E-state index contributed by atoms with van der Waals surface area (Å²) in [6, 6.07) is 6.62. The molecule has 1 aromatic rings. The summed E-state index contributed by atoms with van der Waals surface area (Å²) in [4.78, 5) is 14.3. The van der Waals surface area contributed by atoms with Crippen LogP contribution in [0.5, 0.6) is 0 Å². The fourth-order valence-corrected chi connectivity index (χ4v) is 2.67. The van der Waals surface area contributed by atoms with Crippen molar-refractivity contribution in [2.75, 3.05) is 13.2 Å². The van der Waals surface area contributed by atoms with Gasteiger partial charge in [0.1, 0.15) is 11.9 Å². The zero-order chi connectivity index (χ0) is 15.5. The van der Waals surface area contributed by atoms with Crippen molar-refractivity contribution >= 4 is 5.91 Å². The standard InChI is InChI=1S/C17H24FNO2/c1-4-5-10-16(20)19-11-15(21-12-17(19,2)3)13-8-6-7-9-14(13)18/h6-9,15H,4-5,10-12H2,1-3H3. The minimum absolute atomic E-state index is 0.131. The lowest BCUT2D eigenvalue weighted by atomic mass is 9.97. The number of carbonyl (C=O) groups excluding carboxylic acids is 1. The number of ether oxygens (including phenoxy) is 1. The highest BCUT2D eigenvalue weighted by atomic mass is 19.1. The monoisotopic (exact) mass is 293 g/mol. The van der Waals surface area contributed by atoms with Gasteiger partial charge in [-0.3, -0.25) is 4.79 Å². The predicted octanol–water partition coefficient (Wildman–Crippen LogP) is 3.69. The number of amides is 1. The second kappa shape index (κ2) is 6.56. The Labute approximate surface area is 126 Å². The van der Waals surface area contributed by atoms with Gasteiger partial charge in [-0.25, -0.2) is 4.39 Å². The molecule has 0 saturated carbocycles. The number of rotatable bonds is 4. The highest BCUT2D eigenvalue weighted by Gasteiger charge is 2.38. The van der Waals surface area contributed by atoms with Crippen LogP contribution in [0.1, 0.15) is 51.7 Å². The maximum atomic E-state index is 13.9. The zero-order valence-corrected chi connectivity index (χ0v) is 13.1. The molecule has 1 heterocycles. The molecule has 21 heavy (non-hydrogen) atoms. The van der Waals surface area contributed by atoms with E-state index < -0.39 is 0 Å². The Bertz CT molecular complexity index is 501. The first-order valence-electron chi connectivity index (χ1n) is 7.62. The maximum absolute atomic E-state index is 13.9. The molecule has 0 aliphatic carbocycles. The second-order valence-corrected chi connectivity index (χ2v) is 6.24. The molecule has 1 amide bonds. The first kappa shape index (κ1) is 16.0. The first-order chi connectivity index (χ1) is 9.95. The Balaban J connectivity index is 2.16. The Morgan fingerprint density at radius 3 is 2.81 bits per heavy atom. The summed E-state index contributed by atoms with van der Waals surface area (Å²) in [5, 5.41) is 0. The van der Waals surface area contributed by atoms with Gasteiger partial charge >= 0.3 is 0 Å². The smallest absolute Gasteiger partial charge is 0.223 e. The molecule has 1 aliphatic rings. The molecule has 1 aliphatic heterocycles. The fourth-order valence-electron chi connectivity index (χ4n) is 2.67. The Hall–Kier alpha value is -1.42. The van der Waals surface area contributed by atoms with Crippen LogP contribution in [0.15, 0.2) is 24.3 Å². The molecule has 3 nitrogen and oxygen atoms in total. The van der Waals surface area contributed by atoms with Crippen molar-refractivity contribution in [3.63, 3.8) is 0 Å². The topological polar surface area (TPSA) is 29.5 Å². The van der Waals surface area contributed by atoms with Crippen molar-refractivity contribution in [1.82, 2.24) is 4.90 Å². The largest absolute Gasteiger partial charge is 0.369 e. The Morgan fingerprint density at radius 2 is 2.14 bits per heavy atom. The van der Waals surface area contributed by atoms with E-state index in [4.69, 9.17) is 4.74 Å². The second-order valence-electron chi connectivity index (χ2n) is 6.24. The summed E-state index contributed by atoms with van der Waals surface area (Å²) in [6.07, 6.45) is 2.04. The van der Waals surface area contributed by atoms with Crippen LogP contribution in [-0.4, -0.2) is 29.5 Å². The minimum atomic E-state index is -0.384. The highest BCUT2D eigenvalue weighted by Crippen LogP contribution is 2.32. The van der Waals surface area contributed by atoms with Gasteiger partial charge in [-0.1, -0.05) is 31.5 Å². The van der Waals surface area contributed by atoms with Gasteiger partial charge in [0.25, 0.3) is 0 Å². The average molecular weight is 293 g/mol. The summed E-state index contributed by atoms with van der Waals surface area (Å²) in [5.74, 6) is -0.144. The number of nitrogens with zero attached hydrogens (tertiary/aromatic N) is 1. The van der Waals surface area contributed by atoms with E-state index in [2.05, 4.69) is 6.92 Å². The number of halogens is 1. The van der Waals surface area contributed by atoms with Crippen LogP contribution < -0.4 is 0 Å². The summed E-state index contributed by atoms with van der Waals surface area (Å²) in [7, 11) is 0. The van der Waals surface area contributed by atoms with Gasteiger partial charge in [0.05, 0.1) is 18.7 Å². The minimum Gasteiger partial charge on any atom is -0.369 e. The zero-order valence-electron chi connectivity index (χ0n) is 13.1. The predicted molar refractivity (Wildman–Crippen MR) is 80.4 cm³/mol. The van der Waals surface area contributed by atoms with Gasteiger partial charge in [0.2, 0.25) is 5.91 Å². The maximum Gasteiger partial charge on any atom is 0.223 e. The molecule has 116 valence electrons. The van der Waals surface area contributed by atoms with E-state index in [9.17, 15) is 9.18 Å². The van der Waals surface area contributed by atoms with E-state index >= 15 is 0 Å². The van der Waals surface area contributed by atoms with Crippen LogP contribution in [0, 0.1) is 5.82 Å². The molecule has 0 radical (unpaired) electrons. The van der Waals surface area contributed by atoms with Gasteiger partial charge in [-0.15, -0.1) is 0 Å². The van der Waals surface area contributed by atoms with Crippen LogP contribution in [0.25, 0.3) is 0 Å². The number of hydrogen-bond acceptors (Lipinski definition) is 2. The molecule has 1 atom stereocenters. The third kappa shape index (κ3) is 3.62. The van der Waals surface area contributed by atoms with Crippen molar-refractivity contribution in [2.24, 2.45) is 0 Å². The molecule has 0 bridgehead atoms. The number of unbranched alkanes of at least 4 members (excludes halogenated alkanes) is 1. The molecule has 1 unspecified atom stereocenters. The van der Waals surface area contributed by atoms with Crippen molar-refractivity contribution in [1.29, 1.82) is 0 Å². The van der Waals surface area contributed by atoms with E-state index in [0.29, 0.717) is 25.1 Å². The van der Waals surface area contributed by atoms with E-state index in [1.165, 1.54) is 6.07 Å². The van der Waals surface area contributed by atoms with Crippen molar-refractivity contribution in [3.8, 4) is 0 Å². The van der Waals surface area contributed by atoms with E-state index in [1.807, 2.05) is 18.7 Å². The van der Waals surface area contributed by atoms with Gasteiger partial charge < -0.3 is 9.64 Å². The Kier molecular flexibility index (Phi) is 4.99. The number of morpholine rings is 1.